The predicted molar refractivity (Wildman–Crippen MR) is 60.4 cm³/mol. The molecule has 0 spiro atoms. The summed E-state index contributed by atoms with van der Waals surface area (Å²) >= 11 is 0. The van der Waals surface area contributed by atoms with E-state index < -0.39 is 11.8 Å². The van der Waals surface area contributed by atoms with Crippen molar-refractivity contribution in [2.45, 2.75) is 6.42 Å². The van der Waals surface area contributed by atoms with Crippen molar-refractivity contribution >= 4 is 5.97 Å². The van der Waals surface area contributed by atoms with Gasteiger partial charge in [0.05, 0.1) is 5.56 Å². The highest BCUT2D eigenvalue weighted by Crippen LogP contribution is 2.15. The van der Waals surface area contributed by atoms with Crippen LogP contribution in [0, 0.1) is 5.82 Å². The van der Waals surface area contributed by atoms with Crippen LogP contribution >= 0.6 is 0 Å². The van der Waals surface area contributed by atoms with E-state index in [9.17, 15) is 9.18 Å². The summed E-state index contributed by atoms with van der Waals surface area (Å²) in [4.78, 5) is 15.1. The molecule has 86 valence electrons. The zero-order valence-corrected chi connectivity index (χ0v) is 8.93. The predicted octanol–water partition coefficient (Wildman–Crippen LogP) is 2.51. The summed E-state index contributed by atoms with van der Waals surface area (Å²) in [5, 5.41) is 8.98. The Morgan fingerprint density at radius 2 is 2.12 bits per heavy atom. The van der Waals surface area contributed by atoms with Gasteiger partial charge in [0, 0.05) is 18.3 Å². The summed E-state index contributed by atoms with van der Waals surface area (Å²) in [5.74, 6) is -1.68. The minimum absolute atomic E-state index is 0.0179. The molecule has 1 heterocycles. The van der Waals surface area contributed by atoms with E-state index in [1.54, 1.807) is 18.3 Å². The highest BCUT2D eigenvalue weighted by molar-refractivity contribution is 5.89. The number of carboxylic acids is 1. The quantitative estimate of drug-likeness (QED) is 0.882. The van der Waals surface area contributed by atoms with Crippen molar-refractivity contribution in [1.29, 1.82) is 0 Å². The van der Waals surface area contributed by atoms with Crippen LogP contribution in [0.3, 0.4) is 0 Å². The van der Waals surface area contributed by atoms with E-state index in [4.69, 9.17) is 5.11 Å². The number of hydrogen-bond donors (Lipinski definition) is 1. The summed E-state index contributed by atoms with van der Waals surface area (Å²) in [6.07, 6.45) is 2.02. The van der Waals surface area contributed by atoms with Gasteiger partial charge < -0.3 is 5.11 Å². The van der Waals surface area contributed by atoms with Crippen LogP contribution in [0.1, 0.15) is 21.6 Å². The second-order valence-electron chi connectivity index (χ2n) is 3.60. The second kappa shape index (κ2) is 4.74. The van der Waals surface area contributed by atoms with Crippen molar-refractivity contribution in [3.8, 4) is 0 Å². The van der Waals surface area contributed by atoms with E-state index in [0.717, 1.165) is 11.8 Å². The van der Waals surface area contributed by atoms with Crippen LogP contribution in [0.15, 0.2) is 42.6 Å². The van der Waals surface area contributed by atoms with Gasteiger partial charge in [-0.1, -0.05) is 12.1 Å². The fourth-order valence-corrected chi connectivity index (χ4v) is 1.60. The maximum atomic E-state index is 13.0. The number of carboxylic acid groups (broad SMARTS) is 1. The molecule has 0 bridgehead atoms. The Morgan fingerprint density at radius 3 is 2.76 bits per heavy atom. The van der Waals surface area contributed by atoms with Gasteiger partial charge in [0.1, 0.15) is 5.82 Å². The first-order valence-electron chi connectivity index (χ1n) is 5.08. The van der Waals surface area contributed by atoms with Crippen LogP contribution < -0.4 is 0 Å². The number of aromatic carboxylic acids is 1. The minimum Gasteiger partial charge on any atom is -0.478 e. The maximum Gasteiger partial charge on any atom is 0.336 e. The number of carbonyl (C=O) groups is 1. The summed E-state index contributed by atoms with van der Waals surface area (Å²) in [6.45, 7) is 0. The van der Waals surface area contributed by atoms with Gasteiger partial charge in [-0.25, -0.2) is 9.18 Å². The number of benzene rings is 1. The minimum atomic E-state index is -1.13. The van der Waals surface area contributed by atoms with Crippen LogP contribution in [-0.4, -0.2) is 16.1 Å². The van der Waals surface area contributed by atoms with Crippen LogP contribution in [0.2, 0.25) is 0 Å². The fourth-order valence-electron chi connectivity index (χ4n) is 1.60. The topological polar surface area (TPSA) is 50.2 Å². The third kappa shape index (κ3) is 2.66. The Labute approximate surface area is 97.6 Å². The molecule has 1 aromatic heterocycles. The Hall–Kier alpha value is -2.23. The van der Waals surface area contributed by atoms with E-state index in [0.29, 0.717) is 12.0 Å². The number of halogens is 1. The lowest BCUT2D eigenvalue weighted by atomic mass is 10.0. The number of rotatable bonds is 3. The van der Waals surface area contributed by atoms with Crippen LogP contribution in [-0.2, 0) is 6.42 Å². The van der Waals surface area contributed by atoms with Gasteiger partial charge in [0.15, 0.2) is 0 Å². The van der Waals surface area contributed by atoms with Crippen molar-refractivity contribution in [2.75, 3.05) is 0 Å². The van der Waals surface area contributed by atoms with Crippen LogP contribution in [0.25, 0.3) is 0 Å². The number of aromatic nitrogens is 1. The first-order chi connectivity index (χ1) is 8.16. The smallest absolute Gasteiger partial charge is 0.336 e. The van der Waals surface area contributed by atoms with E-state index in [1.807, 2.05) is 6.07 Å². The first-order valence-corrected chi connectivity index (χ1v) is 5.08. The molecule has 0 aliphatic heterocycles. The molecule has 0 saturated heterocycles. The van der Waals surface area contributed by atoms with E-state index in [-0.39, 0.29) is 5.56 Å². The van der Waals surface area contributed by atoms with Crippen LogP contribution in [0.4, 0.5) is 4.39 Å². The number of nitrogens with zero attached hydrogens (tertiary/aromatic N) is 1. The Morgan fingerprint density at radius 1 is 1.29 bits per heavy atom. The maximum absolute atomic E-state index is 13.0. The Kier molecular flexibility index (Phi) is 3.14. The third-order valence-electron chi connectivity index (χ3n) is 2.40. The van der Waals surface area contributed by atoms with E-state index in [1.165, 1.54) is 12.1 Å². The molecule has 0 atom stereocenters. The molecule has 0 aliphatic rings. The first kappa shape index (κ1) is 11.3. The number of pyridine rings is 1. The molecule has 0 unspecified atom stereocenters. The van der Waals surface area contributed by atoms with Gasteiger partial charge in [-0.05, 0) is 29.8 Å². The molecule has 2 aromatic rings. The molecule has 2 rings (SSSR count). The molecule has 3 nitrogen and oxygen atoms in total. The second-order valence-corrected chi connectivity index (χ2v) is 3.60. The van der Waals surface area contributed by atoms with E-state index in [2.05, 4.69) is 4.98 Å². The van der Waals surface area contributed by atoms with Gasteiger partial charge in [-0.15, -0.1) is 0 Å². The molecule has 1 N–H and O–H groups in total. The largest absolute Gasteiger partial charge is 0.478 e. The summed E-state index contributed by atoms with van der Waals surface area (Å²) in [7, 11) is 0. The summed E-state index contributed by atoms with van der Waals surface area (Å²) in [6, 6.07) is 9.17. The monoisotopic (exact) mass is 231 g/mol. The average molecular weight is 231 g/mol. The SMILES string of the molecule is O=C(O)c1cc(F)ccc1Cc1ccccn1. The lowest BCUT2D eigenvalue weighted by Crippen LogP contribution is -2.04. The zero-order chi connectivity index (χ0) is 12.3. The molecule has 0 radical (unpaired) electrons. The van der Waals surface area contributed by atoms with Crippen molar-refractivity contribution in [1.82, 2.24) is 4.98 Å². The molecule has 0 fully saturated rings. The Bertz CT molecular complexity index is 540. The standard InChI is InChI=1S/C13H10FNO2/c14-10-5-4-9(12(8-10)13(16)17)7-11-3-1-2-6-15-11/h1-6,8H,7H2,(H,16,17). The molecule has 0 aliphatic carbocycles. The van der Waals surface area contributed by atoms with Gasteiger partial charge in [-0.3, -0.25) is 4.98 Å². The lowest BCUT2D eigenvalue weighted by molar-refractivity contribution is 0.0695. The van der Waals surface area contributed by atoms with Gasteiger partial charge >= 0.3 is 5.97 Å². The molecule has 0 amide bonds. The molecule has 4 heteroatoms. The summed E-state index contributed by atoms with van der Waals surface area (Å²) in [5.41, 5.74) is 1.29. The van der Waals surface area contributed by atoms with Crippen molar-refractivity contribution in [3.05, 3.63) is 65.2 Å². The zero-order valence-electron chi connectivity index (χ0n) is 8.93. The van der Waals surface area contributed by atoms with Gasteiger partial charge in [0.2, 0.25) is 0 Å². The lowest BCUT2D eigenvalue weighted by Gasteiger charge is -2.05. The number of hydrogen-bond acceptors (Lipinski definition) is 2. The molecular formula is C13H10FNO2. The Balaban J connectivity index is 2.36. The fraction of sp³-hybridized carbons (Fsp3) is 0.0769. The third-order valence-corrected chi connectivity index (χ3v) is 2.40. The van der Waals surface area contributed by atoms with E-state index >= 15 is 0 Å². The molecule has 1 aromatic carbocycles. The van der Waals surface area contributed by atoms with Crippen molar-refractivity contribution < 1.29 is 14.3 Å². The van der Waals surface area contributed by atoms with Gasteiger partial charge in [0.25, 0.3) is 0 Å². The average Bonchev–Trinajstić information content (AvgIpc) is 2.32. The molecule has 17 heavy (non-hydrogen) atoms. The van der Waals surface area contributed by atoms with Gasteiger partial charge in [-0.2, -0.15) is 0 Å². The molecular weight excluding hydrogens is 221 g/mol. The highest BCUT2D eigenvalue weighted by atomic mass is 19.1. The van der Waals surface area contributed by atoms with Crippen molar-refractivity contribution in [3.63, 3.8) is 0 Å². The molecule has 0 saturated carbocycles. The van der Waals surface area contributed by atoms with Crippen LogP contribution in [0.5, 0.6) is 0 Å². The van der Waals surface area contributed by atoms with Crippen molar-refractivity contribution in [2.24, 2.45) is 0 Å². The normalized spacial score (nSPS) is 10.2. The highest BCUT2D eigenvalue weighted by Gasteiger charge is 2.11. The summed E-state index contributed by atoms with van der Waals surface area (Å²) < 4.78 is 13.0.